The number of aromatic nitrogens is 1. The molecule has 1 aromatic heterocycles. The lowest BCUT2D eigenvalue weighted by Gasteiger charge is -2.13. The second kappa shape index (κ2) is 5.82. The average Bonchev–Trinajstić information content (AvgIpc) is 2.85. The summed E-state index contributed by atoms with van der Waals surface area (Å²) in [5, 5.41) is 15.8. The summed E-state index contributed by atoms with van der Waals surface area (Å²) in [6, 6.07) is 7.37. The maximum atomic E-state index is 8.83. The van der Waals surface area contributed by atoms with Gasteiger partial charge in [0.25, 0.3) is 0 Å². The van der Waals surface area contributed by atoms with Gasteiger partial charge in [-0.25, -0.2) is 4.98 Å². The van der Waals surface area contributed by atoms with Crippen molar-refractivity contribution >= 4 is 28.6 Å². The molecule has 2 rings (SSSR count). The maximum absolute atomic E-state index is 8.83. The van der Waals surface area contributed by atoms with E-state index in [4.69, 9.17) is 16.9 Å². The quantitative estimate of drug-likeness (QED) is 0.903. The molecule has 2 aromatic rings. The third kappa shape index (κ3) is 3.50. The van der Waals surface area contributed by atoms with Gasteiger partial charge >= 0.3 is 0 Å². The van der Waals surface area contributed by atoms with Crippen LogP contribution in [0.2, 0.25) is 5.02 Å². The fourth-order valence-electron chi connectivity index (χ4n) is 1.64. The number of halogens is 1. The Morgan fingerprint density at radius 3 is 2.70 bits per heavy atom. The number of nitriles is 1. The predicted molar refractivity (Wildman–Crippen MR) is 84.3 cm³/mol. The van der Waals surface area contributed by atoms with Gasteiger partial charge < -0.3 is 5.32 Å². The fourth-order valence-corrected chi connectivity index (χ4v) is 2.77. The van der Waals surface area contributed by atoms with Gasteiger partial charge in [-0.05, 0) is 18.2 Å². The first-order chi connectivity index (χ1) is 9.40. The molecule has 0 bridgehead atoms. The molecule has 0 unspecified atom stereocenters. The summed E-state index contributed by atoms with van der Waals surface area (Å²) in [5.41, 5.74) is 2.47. The highest BCUT2D eigenvalue weighted by Crippen LogP contribution is 2.26. The molecule has 0 aliphatic rings. The van der Waals surface area contributed by atoms with Gasteiger partial charge in [0.2, 0.25) is 0 Å². The van der Waals surface area contributed by atoms with E-state index in [9.17, 15) is 0 Å². The lowest BCUT2D eigenvalue weighted by molar-refractivity contribution is 0.583. The zero-order valence-corrected chi connectivity index (χ0v) is 13.3. The highest BCUT2D eigenvalue weighted by Gasteiger charge is 2.17. The minimum absolute atomic E-state index is 0.0840. The standard InChI is InChI=1S/C15H16ClN3S/c1-15(2,3)14-19-12(9-20-14)8-18-11-5-4-10(7-17)13(16)6-11/h4-6,9,18H,8H2,1-3H3. The molecule has 0 saturated carbocycles. The first kappa shape index (κ1) is 14.8. The Kier molecular flexibility index (Phi) is 4.32. The van der Waals surface area contributed by atoms with Crippen LogP contribution in [-0.4, -0.2) is 4.98 Å². The van der Waals surface area contributed by atoms with Crippen LogP contribution in [-0.2, 0) is 12.0 Å². The molecular weight excluding hydrogens is 290 g/mol. The Morgan fingerprint density at radius 2 is 2.15 bits per heavy atom. The lowest BCUT2D eigenvalue weighted by atomic mass is 9.98. The number of benzene rings is 1. The van der Waals surface area contributed by atoms with E-state index < -0.39 is 0 Å². The Bertz CT molecular complexity index is 650. The second-order valence-corrected chi connectivity index (χ2v) is 6.82. The summed E-state index contributed by atoms with van der Waals surface area (Å²) < 4.78 is 0. The summed E-state index contributed by atoms with van der Waals surface area (Å²) in [5.74, 6) is 0. The van der Waals surface area contributed by atoms with E-state index in [2.05, 4.69) is 36.5 Å². The van der Waals surface area contributed by atoms with Crippen LogP contribution in [0.15, 0.2) is 23.6 Å². The molecule has 0 atom stereocenters. The predicted octanol–water partition coefficient (Wildman–Crippen LogP) is 4.58. The number of anilines is 1. The zero-order chi connectivity index (χ0) is 14.8. The number of nitrogens with one attached hydrogen (secondary N) is 1. The van der Waals surface area contributed by atoms with E-state index in [0.29, 0.717) is 17.1 Å². The Hall–Kier alpha value is -1.57. The zero-order valence-electron chi connectivity index (χ0n) is 11.7. The lowest BCUT2D eigenvalue weighted by Crippen LogP contribution is -2.11. The van der Waals surface area contributed by atoms with Crippen LogP contribution >= 0.6 is 22.9 Å². The minimum Gasteiger partial charge on any atom is -0.379 e. The molecule has 0 aliphatic carbocycles. The number of hydrogen-bond acceptors (Lipinski definition) is 4. The topological polar surface area (TPSA) is 48.7 Å². The van der Waals surface area contributed by atoms with Crippen LogP contribution in [0.1, 0.15) is 37.0 Å². The first-order valence-corrected chi connectivity index (χ1v) is 7.54. The normalized spacial score (nSPS) is 11.2. The highest BCUT2D eigenvalue weighted by atomic mass is 35.5. The molecule has 0 saturated heterocycles. The van der Waals surface area contributed by atoms with E-state index in [1.54, 1.807) is 23.5 Å². The van der Waals surface area contributed by atoms with Crippen LogP contribution in [0.5, 0.6) is 0 Å². The van der Waals surface area contributed by atoms with Gasteiger partial charge in [-0.15, -0.1) is 11.3 Å². The molecule has 1 heterocycles. The third-order valence-corrected chi connectivity index (χ3v) is 4.39. The van der Waals surface area contributed by atoms with Crippen molar-refractivity contribution < 1.29 is 0 Å². The SMILES string of the molecule is CC(C)(C)c1nc(CNc2ccc(C#N)c(Cl)c2)cs1. The van der Waals surface area contributed by atoms with Crippen molar-refractivity contribution in [2.45, 2.75) is 32.7 Å². The van der Waals surface area contributed by atoms with E-state index >= 15 is 0 Å². The van der Waals surface area contributed by atoms with E-state index in [0.717, 1.165) is 16.4 Å². The number of hydrogen-bond donors (Lipinski definition) is 1. The van der Waals surface area contributed by atoms with Crippen LogP contribution in [0, 0.1) is 11.3 Å². The minimum atomic E-state index is 0.0840. The summed E-state index contributed by atoms with van der Waals surface area (Å²) in [6.45, 7) is 7.12. The molecule has 0 aliphatic heterocycles. The van der Waals surface area contributed by atoms with Crippen molar-refractivity contribution in [1.82, 2.24) is 4.98 Å². The largest absolute Gasteiger partial charge is 0.379 e. The van der Waals surface area contributed by atoms with Gasteiger partial charge in [-0.1, -0.05) is 32.4 Å². The summed E-state index contributed by atoms with van der Waals surface area (Å²) >= 11 is 7.68. The van der Waals surface area contributed by atoms with E-state index in [1.807, 2.05) is 12.1 Å². The van der Waals surface area contributed by atoms with Gasteiger partial charge in [0.1, 0.15) is 6.07 Å². The van der Waals surface area contributed by atoms with Crippen molar-refractivity contribution in [3.63, 3.8) is 0 Å². The number of nitrogens with zero attached hydrogens (tertiary/aromatic N) is 2. The van der Waals surface area contributed by atoms with Gasteiger partial charge in [-0.3, -0.25) is 0 Å². The molecule has 0 spiro atoms. The van der Waals surface area contributed by atoms with Crippen molar-refractivity contribution in [1.29, 1.82) is 5.26 Å². The molecule has 1 N–H and O–H groups in total. The molecule has 20 heavy (non-hydrogen) atoms. The summed E-state index contributed by atoms with van der Waals surface area (Å²) in [4.78, 5) is 4.62. The first-order valence-electron chi connectivity index (χ1n) is 6.28. The number of rotatable bonds is 3. The van der Waals surface area contributed by atoms with Crippen LogP contribution in [0.4, 0.5) is 5.69 Å². The van der Waals surface area contributed by atoms with E-state index in [1.165, 1.54) is 0 Å². The molecule has 1 aromatic carbocycles. The van der Waals surface area contributed by atoms with Crippen LogP contribution in [0.3, 0.4) is 0 Å². The fraction of sp³-hybridized carbons (Fsp3) is 0.333. The molecule has 5 heteroatoms. The average molecular weight is 306 g/mol. The Balaban J connectivity index is 2.04. The van der Waals surface area contributed by atoms with E-state index in [-0.39, 0.29) is 5.41 Å². The smallest absolute Gasteiger partial charge is 0.101 e. The molecule has 0 radical (unpaired) electrons. The Labute approximate surface area is 128 Å². The highest BCUT2D eigenvalue weighted by molar-refractivity contribution is 7.09. The summed E-state index contributed by atoms with van der Waals surface area (Å²) in [7, 11) is 0. The Morgan fingerprint density at radius 1 is 1.40 bits per heavy atom. The van der Waals surface area contributed by atoms with Gasteiger partial charge in [-0.2, -0.15) is 5.26 Å². The van der Waals surface area contributed by atoms with Crippen LogP contribution in [0.25, 0.3) is 0 Å². The van der Waals surface area contributed by atoms with Crippen molar-refractivity contribution in [3.05, 3.63) is 44.9 Å². The molecule has 0 fully saturated rings. The van der Waals surface area contributed by atoms with Crippen LogP contribution < -0.4 is 5.32 Å². The van der Waals surface area contributed by atoms with Crippen molar-refractivity contribution in [2.24, 2.45) is 0 Å². The van der Waals surface area contributed by atoms with Gasteiger partial charge in [0.15, 0.2) is 0 Å². The monoisotopic (exact) mass is 305 g/mol. The third-order valence-electron chi connectivity index (χ3n) is 2.76. The van der Waals surface area contributed by atoms with Crippen molar-refractivity contribution in [2.75, 3.05) is 5.32 Å². The molecule has 104 valence electrons. The molecule has 0 amide bonds. The van der Waals surface area contributed by atoms with Gasteiger partial charge in [0.05, 0.1) is 27.8 Å². The number of thiazole rings is 1. The second-order valence-electron chi connectivity index (χ2n) is 5.55. The summed E-state index contributed by atoms with van der Waals surface area (Å²) in [6.07, 6.45) is 0. The van der Waals surface area contributed by atoms with Gasteiger partial charge in [0, 0.05) is 16.5 Å². The molecule has 3 nitrogen and oxygen atoms in total. The molecular formula is C15H16ClN3S. The maximum Gasteiger partial charge on any atom is 0.101 e. The van der Waals surface area contributed by atoms with Crippen molar-refractivity contribution in [3.8, 4) is 6.07 Å².